The van der Waals surface area contributed by atoms with Gasteiger partial charge in [-0.25, -0.2) is 10.1 Å². The largest absolute Gasteiger partial charge is 0.497 e. The molecule has 4 aromatic rings. The zero-order chi connectivity index (χ0) is 15.1. The van der Waals surface area contributed by atoms with Gasteiger partial charge in [-0.2, -0.15) is 10.1 Å². The molecule has 5 N–H and O–H groups in total. The maximum absolute atomic E-state index is 5.52. The molecule has 0 atom stereocenters. The number of hydrogen-bond acceptors (Lipinski definition) is 7. The van der Waals surface area contributed by atoms with Crippen molar-refractivity contribution in [3.05, 3.63) is 24.4 Å². The van der Waals surface area contributed by atoms with E-state index >= 15 is 0 Å². The zero-order valence-corrected chi connectivity index (χ0v) is 11.6. The molecule has 0 amide bonds. The van der Waals surface area contributed by atoms with Crippen LogP contribution >= 0.6 is 0 Å². The second-order valence-corrected chi connectivity index (χ2v) is 4.67. The SMILES string of the molecule is COc1ccc2nc(Nc3n[nH]c(N)n3)c3[nH]ncc3c2c1. The molecule has 1 aromatic carbocycles. The molecule has 9 heteroatoms. The number of nitrogens with two attached hydrogens (primary N) is 1. The topological polar surface area (TPSA) is 130 Å². The lowest BCUT2D eigenvalue weighted by atomic mass is 10.1. The highest BCUT2D eigenvalue weighted by Crippen LogP contribution is 2.31. The first-order valence-corrected chi connectivity index (χ1v) is 6.50. The Bertz CT molecular complexity index is 973. The van der Waals surface area contributed by atoms with Gasteiger partial charge in [0.25, 0.3) is 0 Å². The van der Waals surface area contributed by atoms with Crippen LogP contribution in [0.15, 0.2) is 24.4 Å². The van der Waals surface area contributed by atoms with E-state index in [0.717, 1.165) is 27.6 Å². The Kier molecular flexibility index (Phi) is 2.58. The molecule has 110 valence electrons. The lowest BCUT2D eigenvalue weighted by Gasteiger charge is -2.07. The number of hydrogen-bond donors (Lipinski definition) is 4. The number of anilines is 3. The van der Waals surface area contributed by atoms with Gasteiger partial charge < -0.3 is 15.8 Å². The maximum atomic E-state index is 5.52. The predicted octanol–water partition coefficient (Wildman–Crippen LogP) is 1.56. The number of H-pyrrole nitrogens is 2. The molecule has 0 radical (unpaired) electrons. The number of ether oxygens (including phenoxy) is 1. The van der Waals surface area contributed by atoms with Crippen molar-refractivity contribution in [2.24, 2.45) is 0 Å². The van der Waals surface area contributed by atoms with E-state index in [1.807, 2.05) is 18.2 Å². The lowest BCUT2D eigenvalue weighted by Crippen LogP contribution is -1.98. The van der Waals surface area contributed by atoms with Gasteiger partial charge in [0.1, 0.15) is 11.3 Å². The molecule has 0 spiro atoms. The standard InChI is InChI=1S/C13H12N8O/c1-22-6-2-3-9-7(4-6)8-5-15-19-10(8)11(16-9)17-13-18-12(14)20-21-13/h2-5H,1H3,(H,15,19)(H4,14,16,17,18,20,21). The number of rotatable bonds is 3. The van der Waals surface area contributed by atoms with E-state index in [4.69, 9.17) is 10.5 Å². The van der Waals surface area contributed by atoms with Crippen LogP contribution in [0.3, 0.4) is 0 Å². The molecule has 0 aliphatic carbocycles. The number of fused-ring (bicyclic) bond motifs is 3. The molecule has 0 aliphatic heterocycles. The van der Waals surface area contributed by atoms with Crippen molar-refractivity contribution < 1.29 is 4.74 Å². The molecule has 0 unspecified atom stereocenters. The zero-order valence-electron chi connectivity index (χ0n) is 11.6. The Balaban J connectivity index is 1.92. The molecule has 0 bridgehead atoms. The van der Waals surface area contributed by atoms with Crippen molar-refractivity contribution >= 4 is 39.5 Å². The van der Waals surface area contributed by atoms with Gasteiger partial charge in [0.2, 0.25) is 11.9 Å². The molecule has 3 heterocycles. The van der Waals surface area contributed by atoms with Gasteiger partial charge in [0.15, 0.2) is 5.82 Å². The molecule has 0 saturated heterocycles. The minimum absolute atomic E-state index is 0.230. The summed E-state index contributed by atoms with van der Waals surface area (Å²) in [5, 5.41) is 18.4. The third-order valence-electron chi connectivity index (χ3n) is 3.34. The van der Waals surface area contributed by atoms with Gasteiger partial charge in [0.05, 0.1) is 18.8 Å². The molecule has 4 rings (SSSR count). The molecular formula is C13H12N8O. The van der Waals surface area contributed by atoms with E-state index in [2.05, 4.69) is 35.7 Å². The van der Waals surface area contributed by atoms with E-state index < -0.39 is 0 Å². The van der Waals surface area contributed by atoms with Crippen molar-refractivity contribution in [1.82, 2.24) is 30.4 Å². The summed E-state index contributed by atoms with van der Waals surface area (Å²) in [7, 11) is 1.63. The fourth-order valence-electron chi connectivity index (χ4n) is 2.33. The van der Waals surface area contributed by atoms with Gasteiger partial charge in [0, 0.05) is 10.8 Å². The molecular weight excluding hydrogens is 284 g/mol. The van der Waals surface area contributed by atoms with Crippen LogP contribution in [-0.4, -0.2) is 37.5 Å². The number of nitrogens with one attached hydrogen (secondary N) is 3. The third-order valence-corrected chi connectivity index (χ3v) is 3.34. The van der Waals surface area contributed by atoms with E-state index in [1.165, 1.54) is 0 Å². The minimum atomic E-state index is 0.230. The fraction of sp³-hybridized carbons (Fsp3) is 0.0769. The summed E-state index contributed by atoms with van der Waals surface area (Å²) in [6.45, 7) is 0. The van der Waals surface area contributed by atoms with Crippen molar-refractivity contribution in [2.45, 2.75) is 0 Å². The molecule has 22 heavy (non-hydrogen) atoms. The summed E-state index contributed by atoms with van der Waals surface area (Å²) in [4.78, 5) is 8.59. The van der Waals surface area contributed by atoms with Crippen LogP contribution in [0.1, 0.15) is 0 Å². The van der Waals surface area contributed by atoms with Crippen molar-refractivity contribution in [3.8, 4) is 5.75 Å². The highest BCUT2D eigenvalue weighted by molar-refractivity contribution is 6.08. The molecule has 0 aliphatic rings. The number of pyridine rings is 1. The van der Waals surface area contributed by atoms with Crippen LogP contribution in [-0.2, 0) is 0 Å². The summed E-state index contributed by atoms with van der Waals surface area (Å²) in [5.41, 5.74) is 7.08. The third kappa shape index (κ3) is 1.87. The van der Waals surface area contributed by atoms with Crippen molar-refractivity contribution in [1.29, 1.82) is 0 Å². The predicted molar refractivity (Wildman–Crippen MR) is 82.0 cm³/mol. The molecule has 0 fully saturated rings. The van der Waals surface area contributed by atoms with Crippen molar-refractivity contribution in [3.63, 3.8) is 0 Å². The number of nitrogens with zero attached hydrogens (tertiary/aromatic N) is 4. The Morgan fingerprint density at radius 1 is 1.18 bits per heavy atom. The minimum Gasteiger partial charge on any atom is -0.497 e. The first-order valence-electron chi connectivity index (χ1n) is 6.50. The van der Waals surface area contributed by atoms with Crippen molar-refractivity contribution in [2.75, 3.05) is 18.2 Å². The lowest BCUT2D eigenvalue weighted by molar-refractivity contribution is 0.415. The van der Waals surface area contributed by atoms with E-state index in [0.29, 0.717) is 11.8 Å². The smallest absolute Gasteiger partial charge is 0.249 e. The summed E-state index contributed by atoms with van der Waals surface area (Å²) in [6.07, 6.45) is 1.75. The normalized spacial score (nSPS) is 11.1. The van der Waals surface area contributed by atoms with Crippen LogP contribution in [0.2, 0.25) is 0 Å². The van der Waals surface area contributed by atoms with Crippen LogP contribution in [0, 0.1) is 0 Å². The molecule has 9 nitrogen and oxygen atoms in total. The van der Waals surface area contributed by atoms with E-state index in [9.17, 15) is 0 Å². The second-order valence-electron chi connectivity index (χ2n) is 4.67. The highest BCUT2D eigenvalue weighted by Gasteiger charge is 2.12. The maximum Gasteiger partial charge on any atom is 0.249 e. The number of methoxy groups -OCH3 is 1. The van der Waals surface area contributed by atoms with Gasteiger partial charge in [-0.3, -0.25) is 5.10 Å². The van der Waals surface area contributed by atoms with Crippen LogP contribution < -0.4 is 15.8 Å². The van der Waals surface area contributed by atoms with Gasteiger partial charge in [-0.15, -0.1) is 5.10 Å². The van der Waals surface area contributed by atoms with E-state index in [1.54, 1.807) is 13.3 Å². The summed E-state index contributed by atoms with van der Waals surface area (Å²) < 4.78 is 5.26. The summed E-state index contributed by atoms with van der Waals surface area (Å²) in [6, 6.07) is 5.67. The Labute approximate surface area is 123 Å². The van der Waals surface area contributed by atoms with Gasteiger partial charge in [-0.1, -0.05) is 0 Å². The highest BCUT2D eigenvalue weighted by atomic mass is 16.5. The number of aromatic nitrogens is 6. The van der Waals surface area contributed by atoms with Crippen LogP contribution in [0.25, 0.3) is 21.8 Å². The average molecular weight is 296 g/mol. The number of benzene rings is 1. The molecule has 3 aromatic heterocycles. The number of aromatic amines is 2. The quantitative estimate of drug-likeness (QED) is 0.451. The van der Waals surface area contributed by atoms with Crippen LogP contribution in [0.5, 0.6) is 5.75 Å². The average Bonchev–Trinajstić information content (AvgIpc) is 3.16. The summed E-state index contributed by atoms with van der Waals surface area (Å²) >= 11 is 0. The Morgan fingerprint density at radius 3 is 2.86 bits per heavy atom. The van der Waals surface area contributed by atoms with Gasteiger partial charge in [-0.05, 0) is 18.2 Å². The second kappa shape index (κ2) is 4.58. The van der Waals surface area contributed by atoms with Gasteiger partial charge >= 0.3 is 0 Å². The first-order chi connectivity index (χ1) is 10.7. The Hall–Kier alpha value is -3.36. The summed E-state index contributed by atoms with van der Waals surface area (Å²) in [5.74, 6) is 1.91. The van der Waals surface area contributed by atoms with E-state index in [-0.39, 0.29) is 5.95 Å². The fourth-order valence-corrected chi connectivity index (χ4v) is 2.33. The monoisotopic (exact) mass is 296 g/mol. The first kappa shape index (κ1) is 12.4. The molecule has 0 saturated carbocycles. The Morgan fingerprint density at radius 2 is 2.09 bits per heavy atom. The van der Waals surface area contributed by atoms with Crippen LogP contribution in [0.4, 0.5) is 17.7 Å². The number of nitrogen functional groups attached to an aromatic ring is 1.